The van der Waals surface area contributed by atoms with Gasteiger partial charge in [-0.3, -0.25) is 19.2 Å². The second-order valence-corrected chi connectivity index (χ2v) is 16.1. The number of likely N-dealkylation sites (N-methyl/N-ethyl adjacent to an activating group) is 2. The van der Waals surface area contributed by atoms with Gasteiger partial charge in [0.05, 0.1) is 54.8 Å². The fraction of sp³-hybridized carbons (Fsp3) is 0.732. The summed E-state index contributed by atoms with van der Waals surface area (Å²) >= 11 is 0. The molecule has 0 bridgehead atoms. The molecule has 0 radical (unpaired) electrons. The Hall–Kier alpha value is -3.66. The predicted molar refractivity (Wildman–Crippen MR) is 214 cm³/mol. The number of carbonyl (C=O) groups is 4. The van der Waals surface area contributed by atoms with Crippen LogP contribution in [-0.4, -0.2) is 135 Å². The monoisotopic (exact) mass is 793 g/mol. The molecule has 9 atom stereocenters. The number of hydrogen-bond donors (Lipinski definition) is 4. The molecule has 0 aliphatic carbocycles. The summed E-state index contributed by atoms with van der Waals surface area (Å²) in [6.07, 6.45) is -0.841. The van der Waals surface area contributed by atoms with Crippen molar-refractivity contribution in [3.8, 4) is 0 Å². The van der Waals surface area contributed by atoms with E-state index in [1.54, 1.807) is 44.9 Å². The summed E-state index contributed by atoms with van der Waals surface area (Å²) in [6, 6.07) is 2.25. The molecule has 318 valence electrons. The molecule has 4 amide bonds. The topological polar surface area (TPSA) is 171 Å². The minimum atomic E-state index is -0.996. The zero-order valence-electron chi connectivity index (χ0n) is 36.1. The first-order valence-electron chi connectivity index (χ1n) is 19.7. The molecular formula is C41H69FN6O8. The highest BCUT2D eigenvalue weighted by Crippen LogP contribution is 2.39. The van der Waals surface area contributed by atoms with Gasteiger partial charge in [0.25, 0.3) is 0 Å². The van der Waals surface area contributed by atoms with E-state index in [0.717, 1.165) is 0 Å². The first-order chi connectivity index (χ1) is 26.3. The highest BCUT2D eigenvalue weighted by molar-refractivity contribution is 6.04. The molecule has 15 heteroatoms. The highest BCUT2D eigenvalue weighted by atomic mass is 19.1. The summed E-state index contributed by atoms with van der Waals surface area (Å²) in [5, 5.41) is 21.9. The maximum Gasteiger partial charge on any atom is 0.245 e. The molecular weight excluding hydrogens is 723 g/mol. The fourth-order valence-electron chi connectivity index (χ4n) is 8.22. The molecule has 4 N–H and O–H groups in total. The number of hydrogen-bond acceptors (Lipinski definition) is 10. The second kappa shape index (κ2) is 21.8. The van der Waals surface area contributed by atoms with Gasteiger partial charge in [-0.1, -0.05) is 60.0 Å². The van der Waals surface area contributed by atoms with E-state index in [2.05, 4.69) is 21.1 Å². The maximum atomic E-state index is 14.5. The minimum absolute atomic E-state index is 0.00664. The third kappa shape index (κ3) is 11.5. The van der Waals surface area contributed by atoms with Crippen molar-refractivity contribution in [1.29, 1.82) is 0 Å². The van der Waals surface area contributed by atoms with Crippen molar-refractivity contribution >= 4 is 29.3 Å². The molecule has 2 rings (SSSR count). The molecule has 1 aliphatic heterocycles. The molecule has 1 saturated heterocycles. The summed E-state index contributed by atoms with van der Waals surface area (Å²) in [5.74, 6) is -2.69. The van der Waals surface area contributed by atoms with Crippen LogP contribution in [-0.2, 0) is 33.4 Å². The van der Waals surface area contributed by atoms with E-state index in [1.807, 2.05) is 48.5 Å². The van der Waals surface area contributed by atoms with Crippen molar-refractivity contribution in [3.05, 3.63) is 35.1 Å². The van der Waals surface area contributed by atoms with Crippen molar-refractivity contribution in [2.45, 2.75) is 124 Å². The lowest BCUT2D eigenvalue weighted by Crippen LogP contribution is -2.60. The standard InChI is InChI=1S/C41H69FN6O8/c1-15-25(6)36(47(11)40(52)35(24(4)5)45-39(51)34(43-10)23(2)3)32(55-13)19-33(49)48-22-29(54-12)20-41(48,9)37(56-14)27(8)38(50)44-21-31(46-53)30-17-16-28(42)18-26(30)7/h16-18,23-25,27,29,32,34-37,43,53H,15,19-22H2,1-14H3,(H,44,50)(H,45,51)/b46-31-/t25?,27-,29-,32-,34+,35+,36+,37-,41+/m1/s1. The van der Waals surface area contributed by atoms with Gasteiger partial charge in [-0.05, 0) is 62.4 Å². The van der Waals surface area contributed by atoms with Gasteiger partial charge in [0.1, 0.15) is 17.6 Å². The molecule has 14 nitrogen and oxygen atoms in total. The number of methoxy groups -OCH3 is 3. The zero-order valence-corrected chi connectivity index (χ0v) is 36.1. The molecule has 1 unspecified atom stereocenters. The number of nitrogens with zero attached hydrogens (tertiary/aromatic N) is 3. The fourth-order valence-corrected chi connectivity index (χ4v) is 8.22. The van der Waals surface area contributed by atoms with Gasteiger partial charge in [0.2, 0.25) is 23.6 Å². The lowest BCUT2D eigenvalue weighted by atomic mass is 9.82. The Labute approximate surface area is 333 Å². The van der Waals surface area contributed by atoms with Crippen molar-refractivity contribution < 1.29 is 43.0 Å². The van der Waals surface area contributed by atoms with Crippen molar-refractivity contribution in [3.63, 3.8) is 0 Å². The number of carbonyl (C=O) groups excluding carboxylic acids is 4. The van der Waals surface area contributed by atoms with Crippen LogP contribution in [0.1, 0.15) is 85.8 Å². The van der Waals surface area contributed by atoms with E-state index in [9.17, 15) is 28.8 Å². The van der Waals surface area contributed by atoms with Crippen LogP contribution in [0.15, 0.2) is 23.4 Å². The number of likely N-dealkylation sites (tertiary alicyclic amines) is 1. The van der Waals surface area contributed by atoms with Crippen LogP contribution in [0.5, 0.6) is 0 Å². The molecule has 1 aromatic carbocycles. The largest absolute Gasteiger partial charge is 0.411 e. The van der Waals surface area contributed by atoms with E-state index in [4.69, 9.17) is 14.2 Å². The van der Waals surface area contributed by atoms with E-state index in [0.29, 0.717) is 24.0 Å². The molecule has 1 heterocycles. The van der Waals surface area contributed by atoms with Crippen LogP contribution >= 0.6 is 0 Å². The minimum Gasteiger partial charge on any atom is -0.411 e. The molecule has 1 aliphatic rings. The van der Waals surface area contributed by atoms with E-state index in [-0.39, 0.29) is 66.8 Å². The first kappa shape index (κ1) is 48.5. The van der Waals surface area contributed by atoms with Crippen LogP contribution in [0.25, 0.3) is 0 Å². The number of amides is 4. The first-order valence-corrected chi connectivity index (χ1v) is 19.7. The molecule has 0 spiro atoms. The third-order valence-electron chi connectivity index (χ3n) is 11.6. The van der Waals surface area contributed by atoms with E-state index in [1.165, 1.54) is 32.4 Å². The van der Waals surface area contributed by atoms with Gasteiger partial charge < -0.3 is 45.2 Å². The maximum absolute atomic E-state index is 14.5. The molecule has 1 fully saturated rings. The van der Waals surface area contributed by atoms with E-state index >= 15 is 0 Å². The predicted octanol–water partition coefficient (Wildman–Crippen LogP) is 3.75. The Morgan fingerprint density at radius 2 is 1.66 bits per heavy atom. The van der Waals surface area contributed by atoms with Gasteiger partial charge >= 0.3 is 0 Å². The zero-order chi connectivity index (χ0) is 42.7. The van der Waals surface area contributed by atoms with Crippen molar-refractivity contribution in [2.24, 2.45) is 28.8 Å². The van der Waals surface area contributed by atoms with Crippen LogP contribution < -0.4 is 16.0 Å². The quantitative estimate of drug-likeness (QED) is 0.0823. The molecule has 0 aromatic heterocycles. The van der Waals surface area contributed by atoms with Gasteiger partial charge in [-0.15, -0.1) is 0 Å². The Bertz CT molecular complexity index is 1510. The van der Waals surface area contributed by atoms with Crippen molar-refractivity contribution in [1.82, 2.24) is 25.8 Å². The number of halogens is 1. The number of aryl methyl sites for hydroxylation is 1. The number of rotatable bonds is 21. The van der Waals surface area contributed by atoms with Crippen LogP contribution in [0.3, 0.4) is 0 Å². The van der Waals surface area contributed by atoms with Gasteiger partial charge in [0.15, 0.2) is 0 Å². The van der Waals surface area contributed by atoms with Crippen LogP contribution in [0.4, 0.5) is 4.39 Å². The van der Waals surface area contributed by atoms with Crippen molar-refractivity contribution in [2.75, 3.05) is 48.5 Å². The van der Waals surface area contributed by atoms with E-state index < -0.39 is 53.5 Å². The highest BCUT2D eigenvalue weighted by Gasteiger charge is 2.53. The molecule has 0 saturated carbocycles. The lowest BCUT2D eigenvalue weighted by molar-refractivity contribution is -0.152. The molecule has 1 aromatic rings. The Morgan fingerprint density at radius 1 is 1.04 bits per heavy atom. The number of nitrogens with one attached hydrogen (secondary N) is 3. The summed E-state index contributed by atoms with van der Waals surface area (Å²) in [5.41, 5.74) is 0.194. The Balaban J connectivity index is 2.38. The van der Waals surface area contributed by atoms with Gasteiger partial charge in [-0.2, -0.15) is 0 Å². The second-order valence-electron chi connectivity index (χ2n) is 16.1. The molecule has 56 heavy (non-hydrogen) atoms. The summed E-state index contributed by atoms with van der Waals surface area (Å²) in [6.45, 7) is 17.0. The average molecular weight is 793 g/mol. The Morgan fingerprint density at radius 3 is 2.14 bits per heavy atom. The summed E-state index contributed by atoms with van der Waals surface area (Å²) < 4.78 is 31.5. The smallest absolute Gasteiger partial charge is 0.245 e. The summed E-state index contributed by atoms with van der Waals surface area (Å²) in [7, 11) is 8.00. The van der Waals surface area contributed by atoms with Crippen LogP contribution in [0, 0.1) is 36.4 Å². The number of benzene rings is 1. The van der Waals surface area contributed by atoms with Crippen LogP contribution in [0.2, 0.25) is 0 Å². The van der Waals surface area contributed by atoms with Gasteiger partial charge in [0, 0.05) is 46.9 Å². The lowest BCUT2D eigenvalue weighted by Gasteiger charge is -2.44. The number of ether oxygens (including phenoxy) is 3. The number of oxime groups is 1. The normalized spacial score (nSPS) is 21.3. The summed E-state index contributed by atoms with van der Waals surface area (Å²) in [4.78, 5) is 59.0. The Kier molecular flexibility index (Phi) is 18.8. The third-order valence-corrected chi connectivity index (χ3v) is 11.6. The van der Waals surface area contributed by atoms with Gasteiger partial charge in [-0.25, -0.2) is 4.39 Å². The average Bonchev–Trinajstić information content (AvgIpc) is 3.50. The SMILES string of the molecule is CCC(C)[C@@H]([C@@H](CC(=O)N1C[C@H](OC)C[C@@]1(C)[C@H](OC)[C@@H](C)C(=O)NC/C(=N/O)c1ccc(F)cc1C)OC)N(C)C(=O)[C@@H](NC(=O)[C@@H](NC)C(C)C)C(C)C.